The molecule has 21 heavy (non-hydrogen) atoms. The molecule has 0 atom stereocenters. The van der Waals surface area contributed by atoms with Gasteiger partial charge in [-0.1, -0.05) is 0 Å². The number of urea groups is 1. The summed E-state index contributed by atoms with van der Waals surface area (Å²) in [4.78, 5) is 28.3. The predicted octanol–water partition coefficient (Wildman–Crippen LogP) is 1.08. The third-order valence-electron chi connectivity index (χ3n) is 4.26. The summed E-state index contributed by atoms with van der Waals surface area (Å²) in [5, 5.41) is 11.7. The van der Waals surface area contributed by atoms with E-state index in [2.05, 4.69) is 10.2 Å². The summed E-state index contributed by atoms with van der Waals surface area (Å²) >= 11 is 0. The lowest BCUT2D eigenvalue weighted by molar-refractivity contribution is -0.123. The van der Waals surface area contributed by atoms with Crippen LogP contribution in [0.15, 0.2) is 24.3 Å². The third kappa shape index (κ3) is 2.16. The van der Waals surface area contributed by atoms with Crippen LogP contribution in [0.1, 0.15) is 18.4 Å². The van der Waals surface area contributed by atoms with E-state index in [-0.39, 0.29) is 11.9 Å². The second-order valence-electron chi connectivity index (χ2n) is 5.61. The van der Waals surface area contributed by atoms with Gasteiger partial charge in [0, 0.05) is 13.1 Å². The summed E-state index contributed by atoms with van der Waals surface area (Å²) in [7, 11) is 2.01. The van der Waals surface area contributed by atoms with Crippen molar-refractivity contribution in [3.63, 3.8) is 0 Å². The Labute approximate surface area is 122 Å². The number of anilines is 1. The summed E-state index contributed by atoms with van der Waals surface area (Å²) in [5.41, 5.74) is 0.240. The SMILES string of the molecule is CN1CCC2(CC1)NC(=O)N(c1ccc(C#N)cc1)C2=O. The number of benzene rings is 1. The number of imide groups is 1. The Hall–Kier alpha value is -2.39. The van der Waals surface area contributed by atoms with E-state index < -0.39 is 5.54 Å². The molecule has 1 aromatic carbocycles. The molecule has 108 valence electrons. The maximum atomic E-state index is 12.7. The minimum Gasteiger partial charge on any atom is -0.323 e. The molecule has 2 fully saturated rings. The number of hydrogen-bond acceptors (Lipinski definition) is 4. The van der Waals surface area contributed by atoms with E-state index in [1.807, 2.05) is 13.1 Å². The number of nitriles is 1. The molecular weight excluding hydrogens is 268 g/mol. The molecule has 0 aromatic heterocycles. The highest BCUT2D eigenvalue weighted by molar-refractivity contribution is 6.23. The van der Waals surface area contributed by atoms with E-state index in [0.717, 1.165) is 13.1 Å². The van der Waals surface area contributed by atoms with E-state index in [9.17, 15) is 9.59 Å². The van der Waals surface area contributed by atoms with Crippen molar-refractivity contribution in [2.75, 3.05) is 25.0 Å². The number of hydrogen-bond donors (Lipinski definition) is 1. The van der Waals surface area contributed by atoms with Crippen molar-refractivity contribution < 1.29 is 9.59 Å². The van der Waals surface area contributed by atoms with Crippen LogP contribution in [0.3, 0.4) is 0 Å². The van der Waals surface area contributed by atoms with Crippen molar-refractivity contribution in [3.05, 3.63) is 29.8 Å². The zero-order valence-electron chi connectivity index (χ0n) is 11.8. The number of carbonyl (C=O) groups is 2. The lowest BCUT2D eigenvalue weighted by atomic mass is 9.87. The topological polar surface area (TPSA) is 76.4 Å². The van der Waals surface area contributed by atoms with Gasteiger partial charge in [0.25, 0.3) is 5.91 Å². The molecule has 0 bridgehead atoms. The second kappa shape index (κ2) is 4.86. The summed E-state index contributed by atoms with van der Waals surface area (Å²) in [6.07, 6.45) is 1.25. The first-order valence-corrected chi connectivity index (χ1v) is 6.91. The molecule has 2 aliphatic heterocycles. The fraction of sp³-hybridized carbons (Fsp3) is 0.400. The minimum absolute atomic E-state index is 0.190. The quantitative estimate of drug-likeness (QED) is 0.783. The lowest BCUT2D eigenvalue weighted by Gasteiger charge is -2.35. The van der Waals surface area contributed by atoms with Crippen LogP contribution in [0.2, 0.25) is 0 Å². The molecule has 2 heterocycles. The normalized spacial score (nSPS) is 21.4. The minimum atomic E-state index is -0.766. The molecule has 0 saturated carbocycles. The molecule has 2 aliphatic rings. The van der Waals surface area contributed by atoms with Gasteiger partial charge in [0.2, 0.25) is 0 Å². The molecule has 0 aliphatic carbocycles. The number of rotatable bonds is 1. The number of piperidine rings is 1. The van der Waals surface area contributed by atoms with Crippen molar-refractivity contribution in [3.8, 4) is 6.07 Å². The highest BCUT2D eigenvalue weighted by Gasteiger charge is 2.52. The Morgan fingerprint density at radius 3 is 2.38 bits per heavy atom. The number of carbonyl (C=O) groups excluding carboxylic acids is 2. The van der Waals surface area contributed by atoms with Crippen molar-refractivity contribution in [2.24, 2.45) is 0 Å². The van der Waals surface area contributed by atoms with Crippen molar-refractivity contribution >= 4 is 17.6 Å². The molecule has 1 aromatic rings. The summed E-state index contributed by atoms with van der Waals surface area (Å²) in [6.45, 7) is 1.57. The highest BCUT2D eigenvalue weighted by Crippen LogP contribution is 2.32. The van der Waals surface area contributed by atoms with Crippen molar-refractivity contribution in [2.45, 2.75) is 18.4 Å². The molecule has 1 N–H and O–H groups in total. The first-order chi connectivity index (χ1) is 10.1. The number of nitrogens with one attached hydrogen (secondary N) is 1. The van der Waals surface area contributed by atoms with Gasteiger partial charge in [0.05, 0.1) is 17.3 Å². The first-order valence-electron chi connectivity index (χ1n) is 6.91. The molecule has 0 radical (unpaired) electrons. The monoisotopic (exact) mass is 284 g/mol. The lowest BCUT2D eigenvalue weighted by Crippen LogP contribution is -2.54. The van der Waals surface area contributed by atoms with Crippen molar-refractivity contribution in [1.29, 1.82) is 5.26 Å². The molecule has 3 amide bonds. The molecule has 6 nitrogen and oxygen atoms in total. The van der Waals surface area contributed by atoms with Crippen LogP contribution in [0, 0.1) is 11.3 Å². The third-order valence-corrected chi connectivity index (χ3v) is 4.26. The molecule has 3 rings (SSSR count). The van der Waals surface area contributed by atoms with E-state index >= 15 is 0 Å². The van der Waals surface area contributed by atoms with Crippen LogP contribution in [0.4, 0.5) is 10.5 Å². The number of likely N-dealkylation sites (tertiary alicyclic amines) is 1. The fourth-order valence-corrected chi connectivity index (χ4v) is 2.88. The molecule has 1 spiro atoms. The fourth-order valence-electron chi connectivity index (χ4n) is 2.88. The summed E-state index contributed by atoms with van der Waals surface area (Å²) in [5.74, 6) is -0.190. The first kappa shape index (κ1) is 13.6. The average Bonchev–Trinajstić information content (AvgIpc) is 2.74. The second-order valence-corrected chi connectivity index (χ2v) is 5.61. The molecule has 0 unspecified atom stereocenters. The van der Waals surface area contributed by atoms with Gasteiger partial charge in [-0.3, -0.25) is 4.79 Å². The molecule has 2 saturated heterocycles. The maximum Gasteiger partial charge on any atom is 0.329 e. The Morgan fingerprint density at radius 1 is 1.19 bits per heavy atom. The Kier molecular flexibility index (Phi) is 3.15. The van der Waals surface area contributed by atoms with Crippen LogP contribution >= 0.6 is 0 Å². The number of amides is 3. The highest BCUT2D eigenvalue weighted by atomic mass is 16.2. The van der Waals surface area contributed by atoms with Crippen LogP contribution in [0.25, 0.3) is 0 Å². The van der Waals surface area contributed by atoms with Crippen LogP contribution in [0.5, 0.6) is 0 Å². The van der Waals surface area contributed by atoms with E-state index in [0.29, 0.717) is 24.1 Å². The zero-order valence-corrected chi connectivity index (χ0v) is 11.8. The van der Waals surface area contributed by atoms with Gasteiger partial charge in [-0.05, 0) is 44.2 Å². The standard InChI is InChI=1S/C15H16N4O2/c1-18-8-6-15(7-9-18)13(20)19(14(21)17-15)12-4-2-11(10-16)3-5-12/h2-5H,6-9H2,1H3,(H,17,21). The smallest absolute Gasteiger partial charge is 0.323 e. The van der Waals surface area contributed by atoms with Gasteiger partial charge in [-0.25, -0.2) is 9.69 Å². The van der Waals surface area contributed by atoms with Crippen molar-refractivity contribution in [1.82, 2.24) is 10.2 Å². The Bertz CT molecular complexity index is 624. The largest absolute Gasteiger partial charge is 0.329 e. The van der Waals surface area contributed by atoms with Gasteiger partial charge in [-0.15, -0.1) is 0 Å². The van der Waals surface area contributed by atoms with Gasteiger partial charge >= 0.3 is 6.03 Å². The van der Waals surface area contributed by atoms with Crippen LogP contribution < -0.4 is 10.2 Å². The Balaban J connectivity index is 1.88. The zero-order chi connectivity index (χ0) is 15.0. The molecular formula is C15H16N4O2. The van der Waals surface area contributed by atoms with Crippen LogP contribution in [-0.4, -0.2) is 42.5 Å². The number of nitrogens with zero attached hydrogens (tertiary/aromatic N) is 3. The van der Waals surface area contributed by atoms with E-state index in [4.69, 9.17) is 5.26 Å². The van der Waals surface area contributed by atoms with Gasteiger partial charge in [0.15, 0.2) is 0 Å². The molecule has 6 heteroatoms. The van der Waals surface area contributed by atoms with Gasteiger partial charge in [0.1, 0.15) is 5.54 Å². The Morgan fingerprint density at radius 2 is 1.81 bits per heavy atom. The average molecular weight is 284 g/mol. The summed E-state index contributed by atoms with van der Waals surface area (Å²) < 4.78 is 0. The van der Waals surface area contributed by atoms with Gasteiger partial charge in [-0.2, -0.15) is 5.26 Å². The van der Waals surface area contributed by atoms with E-state index in [1.54, 1.807) is 24.3 Å². The maximum absolute atomic E-state index is 12.7. The van der Waals surface area contributed by atoms with Gasteiger partial charge < -0.3 is 10.2 Å². The van der Waals surface area contributed by atoms with Crippen LogP contribution in [-0.2, 0) is 4.79 Å². The predicted molar refractivity (Wildman–Crippen MR) is 76.6 cm³/mol. The van der Waals surface area contributed by atoms with E-state index in [1.165, 1.54) is 4.90 Å². The summed E-state index contributed by atoms with van der Waals surface area (Å²) in [6, 6.07) is 8.11.